The molecule has 0 nitrogen and oxygen atoms in total. The Kier molecular flexibility index (Phi) is 11.9. The average molecular weight is 575 g/mol. The minimum absolute atomic E-state index is 0.527. The van der Waals surface area contributed by atoms with E-state index in [0.29, 0.717) is 35.5 Å². The molecule has 0 fully saturated rings. The van der Waals surface area contributed by atoms with E-state index in [4.69, 9.17) is 0 Å². The van der Waals surface area contributed by atoms with Crippen LogP contribution in [0.2, 0.25) is 0 Å². The molecule has 0 saturated carbocycles. The molecule has 0 unspecified atom stereocenters. The molecule has 2 heteroatoms. The summed E-state index contributed by atoms with van der Waals surface area (Å²) in [5.74, 6) is 5.25. The van der Waals surface area contributed by atoms with Gasteiger partial charge >= 0.3 is 0 Å². The van der Waals surface area contributed by atoms with E-state index < -0.39 is 0 Å². The van der Waals surface area contributed by atoms with E-state index in [2.05, 4.69) is 132 Å². The van der Waals surface area contributed by atoms with E-state index >= 15 is 0 Å². The lowest BCUT2D eigenvalue weighted by Gasteiger charge is -2.23. The lowest BCUT2D eigenvalue weighted by molar-refractivity contribution is 0.771. The highest BCUT2D eigenvalue weighted by Gasteiger charge is 2.19. The minimum Gasteiger partial charge on any atom is -0.121 e. The number of thioether (sulfide) groups is 2. The first-order chi connectivity index (χ1) is 18.8. The van der Waals surface area contributed by atoms with E-state index in [1.807, 2.05) is 23.5 Å². The van der Waals surface area contributed by atoms with Gasteiger partial charge in [0.15, 0.2) is 0 Å². The molecule has 0 radical (unpaired) electrons. The fourth-order valence-electron chi connectivity index (χ4n) is 5.16. The van der Waals surface area contributed by atoms with Gasteiger partial charge < -0.3 is 0 Å². The Morgan fingerprint density at radius 3 is 0.850 bits per heavy atom. The third-order valence-electron chi connectivity index (χ3n) is 7.95. The van der Waals surface area contributed by atoms with Gasteiger partial charge in [-0.25, -0.2) is 0 Å². The largest absolute Gasteiger partial charge is 0.121 e. The van der Waals surface area contributed by atoms with Crippen LogP contribution < -0.4 is 0 Å². The van der Waals surface area contributed by atoms with Crippen LogP contribution in [-0.2, 0) is 11.5 Å². The molecule has 0 saturated heterocycles. The van der Waals surface area contributed by atoms with Crippen molar-refractivity contribution >= 4 is 23.5 Å². The summed E-state index contributed by atoms with van der Waals surface area (Å²) in [7, 11) is 0. The summed E-state index contributed by atoms with van der Waals surface area (Å²) in [6.07, 6.45) is 0. The van der Waals surface area contributed by atoms with Crippen LogP contribution in [0.5, 0.6) is 0 Å². The van der Waals surface area contributed by atoms with Gasteiger partial charge in [0, 0.05) is 21.3 Å². The third-order valence-corrected chi connectivity index (χ3v) is 10.4. The van der Waals surface area contributed by atoms with Crippen LogP contribution in [0.4, 0.5) is 0 Å². The third kappa shape index (κ3) is 8.22. The second kappa shape index (κ2) is 14.5. The van der Waals surface area contributed by atoms with Gasteiger partial charge in [0.2, 0.25) is 0 Å². The second-order valence-corrected chi connectivity index (χ2v) is 15.4. The Hall–Kier alpha value is -1.64. The van der Waals surface area contributed by atoms with Crippen LogP contribution in [0.3, 0.4) is 0 Å². The van der Waals surface area contributed by atoms with E-state index in [1.165, 1.54) is 54.3 Å². The van der Waals surface area contributed by atoms with Gasteiger partial charge in [-0.05, 0) is 80.0 Å². The summed E-state index contributed by atoms with van der Waals surface area (Å²) in [4.78, 5) is 3.00. The average Bonchev–Trinajstić information content (AvgIpc) is 2.89. The van der Waals surface area contributed by atoms with Gasteiger partial charge in [-0.3, -0.25) is 0 Å². The monoisotopic (exact) mass is 574 g/mol. The van der Waals surface area contributed by atoms with Gasteiger partial charge in [0.05, 0.1) is 0 Å². The fraction of sp³-hybridized carbons (Fsp3) is 0.526. The van der Waals surface area contributed by atoms with Crippen molar-refractivity contribution in [2.24, 2.45) is 0 Å². The van der Waals surface area contributed by atoms with Gasteiger partial charge in [0.25, 0.3) is 0 Å². The van der Waals surface area contributed by atoms with Crippen molar-refractivity contribution in [3.05, 3.63) is 93.0 Å². The maximum absolute atomic E-state index is 2.47. The summed E-state index contributed by atoms with van der Waals surface area (Å²) in [5.41, 5.74) is 11.8. The zero-order valence-electron chi connectivity index (χ0n) is 27.3. The molecular weight excluding hydrogens is 521 g/mol. The molecule has 0 aromatic heterocycles. The molecule has 40 heavy (non-hydrogen) atoms. The lowest BCUT2D eigenvalue weighted by atomic mass is 9.89. The molecule has 0 atom stereocenters. The standard InChI is InChI=1S/C38H54S2/c1-23(2)31-17-33(25(5)6)37(34(18-31)26(7)8)39-21-29-13-15-30(16-14-29)22-40-38-35(27(9)10)19-32(24(3)4)20-36(38)28(11)12/h13-20,23-28H,21-22H2,1-12H3. The van der Waals surface area contributed by atoms with Crippen molar-refractivity contribution in [3.63, 3.8) is 0 Å². The number of benzene rings is 3. The van der Waals surface area contributed by atoms with Crippen molar-refractivity contribution in [2.45, 2.75) is 140 Å². The molecule has 0 aliphatic carbocycles. The van der Waals surface area contributed by atoms with Crippen molar-refractivity contribution in [3.8, 4) is 0 Å². The maximum Gasteiger partial charge on any atom is 0.0232 e. The predicted octanol–water partition coefficient (Wildman–Crippen LogP) is 13.0. The van der Waals surface area contributed by atoms with E-state index in [-0.39, 0.29) is 0 Å². The van der Waals surface area contributed by atoms with Gasteiger partial charge in [-0.1, -0.05) is 132 Å². The Labute approximate surface area is 255 Å². The van der Waals surface area contributed by atoms with E-state index in [1.54, 1.807) is 0 Å². The quantitative estimate of drug-likeness (QED) is 0.197. The number of hydrogen-bond donors (Lipinski definition) is 0. The molecule has 3 aromatic carbocycles. The molecule has 0 N–H and O–H groups in total. The first-order valence-corrected chi connectivity index (χ1v) is 17.5. The highest BCUT2D eigenvalue weighted by Crippen LogP contribution is 2.41. The van der Waals surface area contributed by atoms with Crippen LogP contribution in [0.25, 0.3) is 0 Å². The molecule has 218 valence electrons. The summed E-state index contributed by atoms with van der Waals surface area (Å²) < 4.78 is 0. The Morgan fingerprint density at radius 1 is 0.400 bits per heavy atom. The Balaban J connectivity index is 1.79. The number of hydrogen-bond acceptors (Lipinski definition) is 2. The van der Waals surface area contributed by atoms with Gasteiger partial charge in [-0.2, -0.15) is 0 Å². The minimum atomic E-state index is 0.527. The Bertz CT molecular complexity index is 1090. The van der Waals surface area contributed by atoms with Crippen LogP contribution in [0.15, 0.2) is 58.3 Å². The zero-order chi connectivity index (χ0) is 29.7. The van der Waals surface area contributed by atoms with Crippen molar-refractivity contribution in [1.82, 2.24) is 0 Å². The molecule has 0 heterocycles. The zero-order valence-corrected chi connectivity index (χ0v) is 28.9. The van der Waals surface area contributed by atoms with Gasteiger partial charge in [-0.15, -0.1) is 23.5 Å². The second-order valence-electron chi connectivity index (χ2n) is 13.4. The highest BCUT2D eigenvalue weighted by atomic mass is 32.2. The summed E-state index contributed by atoms with van der Waals surface area (Å²) >= 11 is 4.06. The van der Waals surface area contributed by atoms with Crippen molar-refractivity contribution in [1.29, 1.82) is 0 Å². The first kappa shape index (κ1) is 32.9. The Morgan fingerprint density at radius 2 is 0.650 bits per heavy atom. The molecule has 3 rings (SSSR count). The lowest BCUT2D eigenvalue weighted by Crippen LogP contribution is -2.03. The molecule has 0 amide bonds. The fourth-order valence-corrected chi connectivity index (χ4v) is 8.01. The van der Waals surface area contributed by atoms with E-state index in [0.717, 1.165) is 11.5 Å². The summed E-state index contributed by atoms with van der Waals surface area (Å²) in [5, 5.41) is 0. The van der Waals surface area contributed by atoms with Gasteiger partial charge in [0.1, 0.15) is 0 Å². The van der Waals surface area contributed by atoms with Crippen LogP contribution >= 0.6 is 23.5 Å². The molecule has 0 aliphatic rings. The van der Waals surface area contributed by atoms with E-state index in [9.17, 15) is 0 Å². The molecule has 0 bridgehead atoms. The smallest absolute Gasteiger partial charge is 0.0232 e. The highest BCUT2D eigenvalue weighted by molar-refractivity contribution is 7.98. The van der Waals surface area contributed by atoms with Crippen LogP contribution in [0.1, 0.15) is 163 Å². The molecular formula is C38H54S2. The topological polar surface area (TPSA) is 0 Å². The SMILES string of the molecule is CC(C)c1cc(C(C)C)c(SCc2ccc(CSc3c(C(C)C)cc(C(C)C)cc3C(C)C)cc2)c(C(C)C)c1. The molecule has 0 aliphatic heterocycles. The molecule has 0 spiro atoms. The maximum atomic E-state index is 2.47. The van der Waals surface area contributed by atoms with Crippen LogP contribution in [0, 0.1) is 0 Å². The predicted molar refractivity (Wildman–Crippen MR) is 183 cm³/mol. The normalized spacial score (nSPS) is 12.2. The van der Waals surface area contributed by atoms with Crippen molar-refractivity contribution in [2.75, 3.05) is 0 Å². The van der Waals surface area contributed by atoms with Crippen molar-refractivity contribution < 1.29 is 0 Å². The first-order valence-electron chi connectivity index (χ1n) is 15.5. The molecule has 3 aromatic rings. The summed E-state index contributed by atoms with van der Waals surface area (Å²) in [6.45, 7) is 28.0. The van der Waals surface area contributed by atoms with Crippen LogP contribution in [-0.4, -0.2) is 0 Å². The number of rotatable bonds is 12. The summed E-state index contributed by atoms with van der Waals surface area (Å²) in [6, 6.07) is 19.3.